The van der Waals surface area contributed by atoms with Gasteiger partial charge in [0.2, 0.25) is 5.88 Å². The lowest BCUT2D eigenvalue weighted by Gasteiger charge is -2.37. The molecule has 1 saturated heterocycles. The van der Waals surface area contributed by atoms with Gasteiger partial charge in [0.05, 0.1) is 5.56 Å². The Balaban J connectivity index is 1.59. The number of rotatable bonds is 4. The van der Waals surface area contributed by atoms with Gasteiger partial charge in [-0.05, 0) is 32.0 Å². The van der Waals surface area contributed by atoms with Crippen LogP contribution in [0.25, 0.3) is 0 Å². The maximum Gasteiger partial charge on any atom is 0.344 e. The third-order valence-electron chi connectivity index (χ3n) is 4.20. The van der Waals surface area contributed by atoms with Crippen LogP contribution in [0.5, 0.6) is 5.88 Å². The molecule has 2 heterocycles. The molecule has 0 aliphatic carbocycles. The maximum absolute atomic E-state index is 12.0. The molecule has 0 radical (unpaired) electrons. The van der Waals surface area contributed by atoms with E-state index in [2.05, 4.69) is 33.8 Å². The first-order valence-electron chi connectivity index (χ1n) is 8.23. The second-order valence-corrected chi connectivity index (χ2v) is 6.10. The molecule has 2 aromatic rings. The van der Waals surface area contributed by atoms with E-state index in [-0.39, 0.29) is 5.88 Å². The van der Waals surface area contributed by atoms with Crippen LogP contribution in [0.4, 0.5) is 5.82 Å². The lowest BCUT2D eigenvalue weighted by molar-refractivity contribution is 0.0726. The number of carbonyl (C=O) groups is 1. The van der Waals surface area contributed by atoms with Crippen molar-refractivity contribution in [3.05, 3.63) is 48.0 Å². The van der Waals surface area contributed by atoms with Gasteiger partial charge in [0.15, 0.2) is 5.82 Å². The molecule has 1 aliphatic rings. The van der Waals surface area contributed by atoms with Crippen LogP contribution in [0, 0.1) is 0 Å². The molecule has 1 aromatic carbocycles. The predicted molar refractivity (Wildman–Crippen MR) is 92.4 cm³/mol. The summed E-state index contributed by atoms with van der Waals surface area (Å²) in [4.78, 5) is 16.6. The molecular formula is C18H22N4O2. The quantitative estimate of drug-likeness (QED) is 0.803. The van der Waals surface area contributed by atoms with Crippen LogP contribution in [0.15, 0.2) is 42.5 Å². The van der Waals surface area contributed by atoms with E-state index in [9.17, 15) is 4.79 Å². The summed E-state index contributed by atoms with van der Waals surface area (Å²) in [7, 11) is 0. The van der Waals surface area contributed by atoms with E-state index in [0.29, 0.717) is 11.6 Å². The van der Waals surface area contributed by atoms with E-state index in [1.54, 1.807) is 30.3 Å². The molecule has 0 spiro atoms. The normalized spacial score (nSPS) is 15.5. The number of esters is 1. The van der Waals surface area contributed by atoms with Crippen molar-refractivity contribution in [3.8, 4) is 5.88 Å². The van der Waals surface area contributed by atoms with E-state index >= 15 is 0 Å². The highest BCUT2D eigenvalue weighted by molar-refractivity contribution is 5.90. The standard InChI is InChI=1S/C18H22N4O2/c1-14(2)21-10-12-22(13-11-21)16-8-9-17(20-19-16)24-18(23)15-6-4-3-5-7-15/h3-9,14H,10-13H2,1-2H3. The van der Waals surface area contributed by atoms with Crippen LogP contribution < -0.4 is 9.64 Å². The van der Waals surface area contributed by atoms with Crippen molar-refractivity contribution < 1.29 is 9.53 Å². The Kier molecular flexibility index (Phi) is 5.05. The minimum absolute atomic E-state index is 0.216. The van der Waals surface area contributed by atoms with Crippen molar-refractivity contribution in [2.24, 2.45) is 0 Å². The van der Waals surface area contributed by atoms with Gasteiger partial charge in [-0.3, -0.25) is 4.90 Å². The maximum atomic E-state index is 12.0. The molecule has 6 nitrogen and oxygen atoms in total. The van der Waals surface area contributed by atoms with Crippen LogP contribution >= 0.6 is 0 Å². The zero-order valence-corrected chi connectivity index (χ0v) is 14.1. The van der Waals surface area contributed by atoms with Crippen LogP contribution in [0.2, 0.25) is 0 Å². The first-order valence-corrected chi connectivity index (χ1v) is 8.23. The SMILES string of the molecule is CC(C)N1CCN(c2ccc(OC(=O)c3ccccc3)nn2)CC1. The average Bonchev–Trinajstić information content (AvgIpc) is 2.63. The smallest absolute Gasteiger partial charge is 0.344 e. The Labute approximate surface area is 142 Å². The predicted octanol–water partition coefficient (Wildman–Crippen LogP) is 2.23. The Morgan fingerprint density at radius 1 is 1.00 bits per heavy atom. The van der Waals surface area contributed by atoms with Crippen LogP contribution in [-0.4, -0.2) is 53.3 Å². The van der Waals surface area contributed by atoms with E-state index in [1.807, 2.05) is 12.1 Å². The summed E-state index contributed by atoms with van der Waals surface area (Å²) in [6.07, 6.45) is 0. The van der Waals surface area contributed by atoms with Gasteiger partial charge < -0.3 is 9.64 Å². The number of ether oxygens (including phenoxy) is 1. The number of nitrogens with zero attached hydrogens (tertiary/aromatic N) is 4. The molecular weight excluding hydrogens is 304 g/mol. The molecule has 1 aliphatic heterocycles. The summed E-state index contributed by atoms with van der Waals surface area (Å²) in [5.41, 5.74) is 0.494. The number of aromatic nitrogens is 2. The van der Waals surface area contributed by atoms with Crippen LogP contribution in [-0.2, 0) is 0 Å². The summed E-state index contributed by atoms with van der Waals surface area (Å²) >= 11 is 0. The molecule has 0 unspecified atom stereocenters. The Morgan fingerprint density at radius 2 is 1.71 bits per heavy atom. The first-order chi connectivity index (χ1) is 11.6. The molecule has 126 valence electrons. The van der Waals surface area contributed by atoms with Gasteiger partial charge in [-0.15, -0.1) is 10.2 Å². The summed E-state index contributed by atoms with van der Waals surface area (Å²) < 4.78 is 5.25. The minimum Gasteiger partial charge on any atom is -0.402 e. The molecule has 0 bridgehead atoms. The van der Waals surface area contributed by atoms with Gasteiger partial charge >= 0.3 is 5.97 Å². The third-order valence-corrected chi connectivity index (χ3v) is 4.20. The second kappa shape index (κ2) is 7.40. The van der Waals surface area contributed by atoms with Crippen molar-refractivity contribution in [1.29, 1.82) is 0 Å². The monoisotopic (exact) mass is 326 g/mol. The van der Waals surface area contributed by atoms with E-state index in [4.69, 9.17) is 4.74 Å². The number of carbonyl (C=O) groups excluding carboxylic acids is 1. The highest BCUT2D eigenvalue weighted by Crippen LogP contribution is 2.17. The number of benzene rings is 1. The molecule has 0 saturated carbocycles. The summed E-state index contributed by atoms with van der Waals surface area (Å²) in [5, 5.41) is 8.22. The zero-order chi connectivity index (χ0) is 16.9. The van der Waals surface area contributed by atoms with Crippen molar-refractivity contribution in [2.75, 3.05) is 31.1 Å². The Hall–Kier alpha value is -2.47. The molecule has 0 atom stereocenters. The molecule has 6 heteroatoms. The lowest BCUT2D eigenvalue weighted by atomic mass is 10.2. The largest absolute Gasteiger partial charge is 0.402 e. The number of anilines is 1. The van der Waals surface area contributed by atoms with E-state index in [1.165, 1.54) is 0 Å². The van der Waals surface area contributed by atoms with E-state index in [0.717, 1.165) is 32.0 Å². The lowest BCUT2D eigenvalue weighted by Crippen LogP contribution is -2.49. The van der Waals surface area contributed by atoms with Gasteiger partial charge in [-0.2, -0.15) is 0 Å². The van der Waals surface area contributed by atoms with Gasteiger partial charge in [-0.1, -0.05) is 18.2 Å². The van der Waals surface area contributed by atoms with Gasteiger partial charge in [0.1, 0.15) is 0 Å². The summed E-state index contributed by atoms with van der Waals surface area (Å²) in [6, 6.07) is 13.0. The second-order valence-electron chi connectivity index (χ2n) is 6.10. The minimum atomic E-state index is -0.428. The number of piperazine rings is 1. The molecule has 0 amide bonds. The first kappa shape index (κ1) is 16.4. The summed E-state index contributed by atoms with van der Waals surface area (Å²) in [5.74, 6) is 0.606. The fourth-order valence-electron chi connectivity index (χ4n) is 2.73. The third kappa shape index (κ3) is 3.89. The van der Waals surface area contributed by atoms with Crippen molar-refractivity contribution in [1.82, 2.24) is 15.1 Å². The molecule has 3 rings (SSSR count). The molecule has 1 aromatic heterocycles. The van der Waals surface area contributed by atoms with Gasteiger partial charge in [0.25, 0.3) is 0 Å². The summed E-state index contributed by atoms with van der Waals surface area (Å²) in [6.45, 7) is 8.32. The number of hydrogen-bond acceptors (Lipinski definition) is 6. The topological polar surface area (TPSA) is 58.6 Å². The van der Waals surface area contributed by atoms with Crippen LogP contribution in [0.3, 0.4) is 0 Å². The van der Waals surface area contributed by atoms with Crippen molar-refractivity contribution in [3.63, 3.8) is 0 Å². The van der Waals surface area contributed by atoms with Crippen LogP contribution in [0.1, 0.15) is 24.2 Å². The highest BCUT2D eigenvalue weighted by Gasteiger charge is 2.20. The van der Waals surface area contributed by atoms with Gasteiger partial charge in [-0.25, -0.2) is 4.79 Å². The van der Waals surface area contributed by atoms with Gasteiger partial charge in [0, 0.05) is 38.3 Å². The molecule has 1 fully saturated rings. The number of hydrogen-bond donors (Lipinski definition) is 0. The fraction of sp³-hybridized carbons (Fsp3) is 0.389. The molecule has 0 N–H and O–H groups in total. The fourth-order valence-corrected chi connectivity index (χ4v) is 2.73. The zero-order valence-electron chi connectivity index (χ0n) is 14.1. The van der Waals surface area contributed by atoms with Crippen molar-refractivity contribution in [2.45, 2.75) is 19.9 Å². The average molecular weight is 326 g/mol. The van der Waals surface area contributed by atoms with Crippen molar-refractivity contribution >= 4 is 11.8 Å². The highest BCUT2D eigenvalue weighted by atomic mass is 16.5. The Bertz CT molecular complexity index is 665. The Morgan fingerprint density at radius 3 is 2.29 bits per heavy atom. The molecule has 24 heavy (non-hydrogen) atoms. The van der Waals surface area contributed by atoms with E-state index < -0.39 is 5.97 Å².